The Morgan fingerprint density at radius 1 is 1.30 bits per heavy atom. The molecule has 1 N–H and O–H groups in total. The molecule has 0 atom stereocenters. The topological polar surface area (TPSA) is 90.5 Å². The van der Waals surface area contributed by atoms with Crippen LogP contribution in [-0.2, 0) is 11.3 Å². The number of aromatic nitrogens is 6. The van der Waals surface area contributed by atoms with Crippen molar-refractivity contribution in [3.05, 3.63) is 47.2 Å². The van der Waals surface area contributed by atoms with Crippen LogP contribution in [0.3, 0.4) is 0 Å². The number of nitrogens with zero attached hydrogens (tertiary/aromatic N) is 6. The Bertz CT molecular complexity index is 1050. The summed E-state index contributed by atoms with van der Waals surface area (Å²) >= 11 is 1.27. The van der Waals surface area contributed by atoms with Gasteiger partial charge in [-0.25, -0.2) is 18.1 Å². The molecular weight excluding hydrogens is 412 g/mol. The third-order valence-corrected chi connectivity index (χ3v) is 6.01. The second-order valence-electron chi connectivity index (χ2n) is 7.25. The minimum atomic E-state index is -0.531. The summed E-state index contributed by atoms with van der Waals surface area (Å²) in [6, 6.07) is 3.54. The number of amides is 1. The third kappa shape index (κ3) is 4.50. The molecule has 2 heterocycles. The molecule has 1 aliphatic rings. The van der Waals surface area contributed by atoms with E-state index in [9.17, 15) is 13.6 Å². The second kappa shape index (κ2) is 8.90. The van der Waals surface area contributed by atoms with Gasteiger partial charge >= 0.3 is 0 Å². The van der Waals surface area contributed by atoms with E-state index in [2.05, 4.69) is 25.9 Å². The molecule has 30 heavy (non-hydrogen) atoms. The summed E-state index contributed by atoms with van der Waals surface area (Å²) in [6.07, 6.45) is 5.97. The Kier molecular flexibility index (Phi) is 6.07. The van der Waals surface area contributed by atoms with Gasteiger partial charge in [-0.2, -0.15) is 5.10 Å². The Morgan fingerprint density at radius 2 is 2.10 bits per heavy atom. The summed E-state index contributed by atoms with van der Waals surface area (Å²) in [5, 5.41) is 19.4. The summed E-state index contributed by atoms with van der Waals surface area (Å²) in [5.74, 6) is -0.759. The molecule has 158 valence electrons. The van der Waals surface area contributed by atoms with E-state index in [-0.39, 0.29) is 29.8 Å². The lowest BCUT2D eigenvalue weighted by atomic mass is 10.2. The van der Waals surface area contributed by atoms with Gasteiger partial charge in [-0.1, -0.05) is 24.6 Å². The van der Waals surface area contributed by atoms with Crippen molar-refractivity contribution in [2.45, 2.75) is 50.4 Å². The van der Waals surface area contributed by atoms with E-state index in [1.54, 1.807) is 17.8 Å². The molecule has 0 unspecified atom stereocenters. The average molecular weight is 433 g/mol. The van der Waals surface area contributed by atoms with Crippen LogP contribution in [0.15, 0.2) is 29.6 Å². The van der Waals surface area contributed by atoms with Crippen LogP contribution < -0.4 is 5.32 Å². The second-order valence-corrected chi connectivity index (χ2v) is 8.19. The van der Waals surface area contributed by atoms with Gasteiger partial charge in [0.15, 0.2) is 0 Å². The molecule has 0 aliphatic heterocycles. The van der Waals surface area contributed by atoms with Crippen molar-refractivity contribution >= 4 is 23.5 Å². The molecule has 0 saturated heterocycles. The van der Waals surface area contributed by atoms with Gasteiger partial charge in [0.25, 0.3) is 0 Å². The highest BCUT2D eigenvalue weighted by Crippen LogP contribution is 2.31. The smallest absolute Gasteiger partial charge is 0.236 e. The van der Waals surface area contributed by atoms with Crippen LogP contribution in [0, 0.1) is 18.6 Å². The predicted molar refractivity (Wildman–Crippen MR) is 107 cm³/mol. The summed E-state index contributed by atoms with van der Waals surface area (Å²) in [6.45, 7) is 1.79. The standard InChI is InChI=1S/C19H21F2N7OS/c1-12-9-22-27(10-13-8-14(20)6-7-16(13)21)18(12)23-17(29)11-30-19-24-25-26-28(19)15-4-2-3-5-15/h6-9,15H,2-5,10-11H2,1H3,(H,23,29). The Labute approximate surface area is 176 Å². The molecule has 0 bridgehead atoms. The first kappa shape index (κ1) is 20.5. The number of carbonyl (C=O) groups excluding carboxylic acids is 1. The fourth-order valence-corrected chi connectivity index (χ4v) is 4.29. The van der Waals surface area contributed by atoms with Crippen LogP contribution in [0.5, 0.6) is 0 Å². The van der Waals surface area contributed by atoms with Crippen LogP contribution in [0.4, 0.5) is 14.6 Å². The number of hydrogen-bond acceptors (Lipinski definition) is 6. The van der Waals surface area contributed by atoms with E-state index in [4.69, 9.17) is 0 Å². The van der Waals surface area contributed by atoms with Crippen LogP contribution in [0.25, 0.3) is 0 Å². The van der Waals surface area contributed by atoms with E-state index in [0.29, 0.717) is 11.0 Å². The lowest BCUT2D eigenvalue weighted by Gasteiger charge is -2.12. The Hall–Kier alpha value is -2.82. The molecule has 3 aromatic rings. The number of anilines is 1. The monoisotopic (exact) mass is 433 g/mol. The zero-order chi connectivity index (χ0) is 21.1. The van der Waals surface area contributed by atoms with Crippen LogP contribution >= 0.6 is 11.8 Å². The molecular formula is C19H21F2N7OS. The number of rotatable bonds is 7. The summed E-state index contributed by atoms with van der Waals surface area (Å²) in [4.78, 5) is 12.5. The first-order chi connectivity index (χ1) is 14.5. The van der Waals surface area contributed by atoms with Gasteiger partial charge in [-0.05, 0) is 48.4 Å². The molecule has 2 aromatic heterocycles. The van der Waals surface area contributed by atoms with Crippen molar-refractivity contribution in [2.24, 2.45) is 0 Å². The summed E-state index contributed by atoms with van der Waals surface area (Å²) < 4.78 is 30.7. The highest BCUT2D eigenvalue weighted by Gasteiger charge is 2.22. The fraction of sp³-hybridized carbons (Fsp3) is 0.421. The van der Waals surface area contributed by atoms with Crippen molar-refractivity contribution in [3.63, 3.8) is 0 Å². The molecule has 1 amide bonds. The highest BCUT2D eigenvalue weighted by molar-refractivity contribution is 7.99. The first-order valence-corrected chi connectivity index (χ1v) is 10.7. The number of tetrazole rings is 1. The number of carbonyl (C=O) groups is 1. The molecule has 1 aliphatic carbocycles. The highest BCUT2D eigenvalue weighted by atomic mass is 32.2. The molecule has 8 nitrogen and oxygen atoms in total. The molecule has 0 radical (unpaired) electrons. The SMILES string of the molecule is Cc1cnn(Cc2cc(F)ccc2F)c1NC(=O)CSc1nnnn1C1CCCC1. The lowest BCUT2D eigenvalue weighted by Crippen LogP contribution is -2.19. The zero-order valence-corrected chi connectivity index (χ0v) is 17.2. The van der Waals surface area contributed by atoms with Crippen molar-refractivity contribution < 1.29 is 13.6 Å². The van der Waals surface area contributed by atoms with E-state index in [0.717, 1.165) is 49.4 Å². The average Bonchev–Trinajstić information content (AvgIpc) is 3.46. The molecule has 4 rings (SSSR count). The third-order valence-electron chi connectivity index (χ3n) is 5.07. The molecule has 0 spiro atoms. The summed E-state index contributed by atoms with van der Waals surface area (Å²) in [7, 11) is 0. The van der Waals surface area contributed by atoms with Crippen molar-refractivity contribution in [2.75, 3.05) is 11.1 Å². The van der Waals surface area contributed by atoms with Crippen LogP contribution in [0.1, 0.15) is 42.9 Å². The van der Waals surface area contributed by atoms with Gasteiger partial charge in [0.1, 0.15) is 17.5 Å². The van der Waals surface area contributed by atoms with Crippen LogP contribution in [0.2, 0.25) is 0 Å². The molecule has 1 aromatic carbocycles. The maximum atomic E-state index is 14.0. The maximum absolute atomic E-state index is 14.0. The van der Waals surface area contributed by atoms with Crippen molar-refractivity contribution in [1.82, 2.24) is 30.0 Å². The normalized spacial score (nSPS) is 14.4. The fourth-order valence-electron chi connectivity index (χ4n) is 3.54. The van der Waals surface area contributed by atoms with Gasteiger partial charge in [0.2, 0.25) is 11.1 Å². The van der Waals surface area contributed by atoms with Gasteiger partial charge < -0.3 is 5.32 Å². The maximum Gasteiger partial charge on any atom is 0.236 e. The number of hydrogen-bond donors (Lipinski definition) is 1. The predicted octanol–water partition coefficient (Wildman–Crippen LogP) is 3.35. The zero-order valence-electron chi connectivity index (χ0n) is 16.4. The number of thioether (sulfide) groups is 1. The number of nitrogens with one attached hydrogen (secondary N) is 1. The van der Waals surface area contributed by atoms with Crippen molar-refractivity contribution in [1.29, 1.82) is 0 Å². The van der Waals surface area contributed by atoms with Gasteiger partial charge in [0.05, 0.1) is 24.5 Å². The van der Waals surface area contributed by atoms with Gasteiger partial charge in [0, 0.05) is 11.1 Å². The number of aryl methyl sites for hydroxylation is 1. The van der Waals surface area contributed by atoms with E-state index >= 15 is 0 Å². The van der Waals surface area contributed by atoms with Crippen LogP contribution in [-0.4, -0.2) is 41.6 Å². The minimum absolute atomic E-state index is 0.000115. The summed E-state index contributed by atoms with van der Waals surface area (Å²) in [5.41, 5.74) is 0.875. The number of benzene rings is 1. The molecule has 11 heteroatoms. The molecule has 1 saturated carbocycles. The minimum Gasteiger partial charge on any atom is -0.310 e. The van der Waals surface area contributed by atoms with Gasteiger partial charge in [-0.15, -0.1) is 5.10 Å². The lowest BCUT2D eigenvalue weighted by molar-refractivity contribution is -0.113. The molecule has 1 fully saturated rings. The van der Waals surface area contributed by atoms with E-state index in [1.807, 2.05) is 0 Å². The van der Waals surface area contributed by atoms with E-state index in [1.165, 1.54) is 16.4 Å². The Morgan fingerprint density at radius 3 is 2.90 bits per heavy atom. The van der Waals surface area contributed by atoms with Crippen molar-refractivity contribution in [3.8, 4) is 0 Å². The first-order valence-electron chi connectivity index (χ1n) is 9.68. The number of halogens is 2. The Balaban J connectivity index is 1.41. The largest absolute Gasteiger partial charge is 0.310 e. The van der Waals surface area contributed by atoms with E-state index < -0.39 is 11.6 Å². The van der Waals surface area contributed by atoms with Gasteiger partial charge in [-0.3, -0.25) is 4.79 Å². The quantitative estimate of drug-likeness (QED) is 0.575.